The van der Waals surface area contributed by atoms with Gasteiger partial charge in [-0.1, -0.05) is 23.7 Å². The number of rotatable bonds is 6. The maximum absolute atomic E-state index is 12.1. The van der Waals surface area contributed by atoms with Crippen LogP contribution in [0, 0.1) is 5.92 Å². The van der Waals surface area contributed by atoms with E-state index in [4.69, 9.17) is 11.6 Å². The molecule has 1 amide bonds. The van der Waals surface area contributed by atoms with Gasteiger partial charge in [0.25, 0.3) is 0 Å². The summed E-state index contributed by atoms with van der Waals surface area (Å²) in [5.41, 5.74) is 2.38. The van der Waals surface area contributed by atoms with Crippen LogP contribution in [0.4, 0.5) is 0 Å². The Bertz CT molecular complexity index is 667. The predicted octanol–water partition coefficient (Wildman–Crippen LogP) is 2.93. The van der Waals surface area contributed by atoms with E-state index in [1.54, 1.807) is 4.68 Å². The van der Waals surface area contributed by atoms with Crippen LogP contribution in [-0.2, 0) is 18.3 Å². The molecule has 4 nitrogen and oxygen atoms in total. The van der Waals surface area contributed by atoms with Gasteiger partial charge in [0.15, 0.2) is 0 Å². The lowest BCUT2D eigenvalue weighted by Gasteiger charge is -2.05. The molecule has 0 radical (unpaired) electrons. The number of halogens is 1. The summed E-state index contributed by atoms with van der Waals surface area (Å²) in [6, 6.07) is 7.87. The molecule has 1 aromatic heterocycles. The van der Waals surface area contributed by atoms with E-state index < -0.39 is 0 Å². The minimum Gasteiger partial charge on any atom is -0.356 e. The third kappa shape index (κ3) is 3.69. The fourth-order valence-corrected chi connectivity index (χ4v) is 3.03. The van der Waals surface area contributed by atoms with E-state index in [1.165, 1.54) is 11.1 Å². The zero-order chi connectivity index (χ0) is 15.5. The van der Waals surface area contributed by atoms with Gasteiger partial charge in [0, 0.05) is 30.7 Å². The smallest absolute Gasteiger partial charge is 0.223 e. The summed E-state index contributed by atoms with van der Waals surface area (Å²) in [7, 11) is 1.90. The van der Waals surface area contributed by atoms with E-state index in [0.29, 0.717) is 12.5 Å². The summed E-state index contributed by atoms with van der Waals surface area (Å²) in [5.74, 6) is 0.636. The minimum atomic E-state index is 0.121. The molecule has 22 heavy (non-hydrogen) atoms. The molecule has 1 fully saturated rings. The lowest BCUT2D eigenvalue weighted by atomic mass is 10.1. The van der Waals surface area contributed by atoms with Crippen LogP contribution in [0.3, 0.4) is 0 Å². The highest BCUT2D eigenvalue weighted by molar-refractivity contribution is 6.30. The fraction of sp³-hybridized carbons (Fsp3) is 0.412. The van der Waals surface area contributed by atoms with Gasteiger partial charge in [-0.3, -0.25) is 9.48 Å². The van der Waals surface area contributed by atoms with Gasteiger partial charge >= 0.3 is 0 Å². The van der Waals surface area contributed by atoms with Crippen LogP contribution in [0.15, 0.2) is 36.7 Å². The molecule has 1 saturated carbocycles. The standard InChI is InChI=1S/C17H20ClN3O/c1-21-11-13(10-20-21)15-9-16(15)17(22)19-7-3-5-12-4-2-6-14(18)8-12/h2,4,6,8,10-11,15-16H,3,5,7,9H2,1H3,(H,19,22)/t15-,16+/m0/s1. The normalized spacial score (nSPS) is 19.9. The number of aryl methyl sites for hydroxylation is 2. The number of nitrogens with zero attached hydrogens (tertiary/aromatic N) is 2. The van der Waals surface area contributed by atoms with Crippen molar-refractivity contribution in [2.75, 3.05) is 6.54 Å². The maximum Gasteiger partial charge on any atom is 0.223 e. The van der Waals surface area contributed by atoms with Crippen LogP contribution in [-0.4, -0.2) is 22.2 Å². The Balaban J connectivity index is 1.39. The van der Waals surface area contributed by atoms with Gasteiger partial charge in [-0.15, -0.1) is 0 Å². The monoisotopic (exact) mass is 317 g/mol. The zero-order valence-corrected chi connectivity index (χ0v) is 13.4. The van der Waals surface area contributed by atoms with Gasteiger partial charge in [0.2, 0.25) is 5.91 Å². The highest BCUT2D eigenvalue weighted by Crippen LogP contribution is 2.47. The van der Waals surface area contributed by atoms with Crippen molar-refractivity contribution < 1.29 is 4.79 Å². The Morgan fingerprint density at radius 3 is 3.09 bits per heavy atom. The molecule has 2 atom stereocenters. The summed E-state index contributed by atoms with van der Waals surface area (Å²) in [6.45, 7) is 0.710. The fourth-order valence-electron chi connectivity index (χ4n) is 2.81. The number of aromatic nitrogens is 2. The Kier molecular flexibility index (Phi) is 4.48. The summed E-state index contributed by atoms with van der Waals surface area (Å²) in [5, 5.41) is 7.96. The van der Waals surface area contributed by atoms with Gasteiger partial charge in [-0.2, -0.15) is 5.10 Å². The number of carbonyl (C=O) groups is 1. The molecule has 3 rings (SSSR count). The van der Waals surface area contributed by atoms with Crippen LogP contribution in [0.2, 0.25) is 5.02 Å². The number of hydrogen-bond donors (Lipinski definition) is 1. The molecular formula is C17H20ClN3O. The Morgan fingerprint density at radius 2 is 2.36 bits per heavy atom. The first-order chi connectivity index (χ1) is 10.6. The highest BCUT2D eigenvalue weighted by Gasteiger charge is 2.44. The molecule has 1 heterocycles. The Morgan fingerprint density at radius 1 is 1.50 bits per heavy atom. The van der Waals surface area contributed by atoms with E-state index in [1.807, 2.05) is 37.6 Å². The SMILES string of the molecule is Cn1cc([C@@H]2C[C@H]2C(=O)NCCCc2cccc(Cl)c2)cn1. The van der Waals surface area contributed by atoms with Crippen molar-refractivity contribution in [2.45, 2.75) is 25.2 Å². The van der Waals surface area contributed by atoms with Crippen molar-refractivity contribution in [1.82, 2.24) is 15.1 Å². The third-order valence-corrected chi connectivity index (χ3v) is 4.35. The molecule has 1 aliphatic rings. The molecule has 0 bridgehead atoms. The molecule has 0 spiro atoms. The van der Waals surface area contributed by atoms with E-state index in [2.05, 4.69) is 16.5 Å². The van der Waals surface area contributed by atoms with Gasteiger partial charge in [0.05, 0.1) is 6.20 Å². The second-order valence-corrected chi connectivity index (χ2v) is 6.36. The lowest BCUT2D eigenvalue weighted by molar-refractivity contribution is -0.122. The summed E-state index contributed by atoms with van der Waals surface area (Å²) in [6.07, 6.45) is 6.65. The van der Waals surface area contributed by atoms with Crippen molar-refractivity contribution in [1.29, 1.82) is 0 Å². The van der Waals surface area contributed by atoms with Crippen LogP contribution in [0.5, 0.6) is 0 Å². The summed E-state index contributed by atoms with van der Waals surface area (Å²) >= 11 is 5.96. The van der Waals surface area contributed by atoms with Gasteiger partial charge in [0.1, 0.15) is 0 Å². The van der Waals surface area contributed by atoms with Crippen molar-refractivity contribution in [2.24, 2.45) is 13.0 Å². The van der Waals surface area contributed by atoms with Crippen LogP contribution in [0.1, 0.15) is 29.9 Å². The number of nitrogens with one attached hydrogen (secondary N) is 1. The minimum absolute atomic E-state index is 0.121. The molecule has 2 aromatic rings. The summed E-state index contributed by atoms with van der Waals surface area (Å²) < 4.78 is 1.79. The second-order valence-electron chi connectivity index (χ2n) is 5.92. The van der Waals surface area contributed by atoms with Crippen LogP contribution < -0.4 is 5.32 Å². The lowest BCUT2D eigenvalue weighted by Crippen LogP contribution is -2.26. The number of carbonyl (C=O) groups excluding carboxylic acids is 1. The first-order valence-electron chi connectivity index (χ1n) is 7.64. The third-order valence-electron chi connectivity index (χ3n) is 4.11. The zero-order valence-electron chi connectivity index (χ0n) is 12.6. The van der Waals surface area contributed by atoms with Gasteiger partial charge in [-0.05, 0) is 48.4 Å². The van der Waals surface area contributed by atoms with E-state index in [9.17, 15) is 4.79 Å². The molecule has 0 saturated heterocycles. The van der Waals surface area contributed by atoms with Crippen molar-refractivity contribution in [3.8, 4) is 0 Å². The molecule has 116 valence electrons. The van der Waals surface area contributed by atoms with Gasteiger partial charge in [-0.25, -0.2) is 0 Å². The molecule has 5 heteroatoms. The average Bonchev–Trinajstić information content (AvgIpc) is 3.18. The predicted molar refractivity (Wildman–Crippen MR) is 86.8 cm³/mol. The van der Waals surface area contributed by atoms with E-state index >= 15 is 0 Å². The topological polar surface area (TPSA) is 46.9 Å². The maximum atomic E-state index is 12.1. The van der Waals surface area contributed by atoms with E-state index in [0.717, 1.165) is 24.3 Å². The summed E-state index contributed by atoms with van der Waals surface area (Å²) in [4.78, 5) is 12.1. The first kappa shape index (κ1) is 15.1. The second kappa shape index (κ2) is 6.53. The Labute approximate surface area is 135 Å². The van der Waals surface area contributed by atoms with Crippen molar-refractivity contribution in [3.05, 3.63) is 52.8 Å². The molecular weight excluding hydrogens is 298 g/mol. The molecule has 1 N–H and O–H groups in total. The molecule has 0 aliphatic heterocycles. The number of hydrogen-bond acceptors (Lipinski definition) is 2. The van der Waals surface area contributed by atoms with Gasteiger partial charge < -0.3 is 5.32 Å². The number of benzene rings is 1. The highest BCUT2D eigenvalue weighted by atomic mass is 35.5. The van der Waals surface area contributed by atoms with Crippen molar-refractivity contribution >= 4 is 17.5 Å². The van der Waals surface area contributed by atoms with E-state index in [-0.39, 0.29) is 11.8 Å². The van der Waals surface area contributed by atoms with Crippen LogP contribution in [0.25, 0.3) is 0 Å². The first-order valence-corrected chi connectivity index (χ1v) is 8.02. The van der Waals surface area contributed by atoms with Crippen molar-refractivity contribution in [3.63, 3.8) is 0 Å². The molecule has 1 aliphatic carbocycles. The molecule has 1 aromatic carbocycles. The number of amides is 1. The quantitative estimate of drug-likeness (QED) is 0.833. The molecule has 0 unspecified atom stereocenters. The largest absolute Gasteiger partial charge is 0.356 e. The Hall–Kier alpha value is -1.81. The average molecular weight is 318 g/mol. The van der Waals surface area contributed by atoms with Crippen LogP contribution >= 0.6 is 11.6 Å².